The van der Waals surface area contributed by atoms with Crippen LogP contribution in [0.4, 0.5) is 4.79 Å². The molecule has 0 radical (unpaired) electrons. The summed E-state index contributed by atoms with van der Waals surface area (Å²) in [4.78, 5) is 34.9. The van der Waals surface area contributed by atoms with Crippen LogP contribution in [-0.2, 0) is 9.59 Å². The van der Waals surface area contributed by atoms with Crippen LogP contribution in [0, 0.1) is 0 Å². The van der Waals surface area contributed by atoms with E-state index in [0.717, 1.165) is 6.42 Å². The van der Waals surface area contributed by atoms with E-state index in [1.807, 2.05) is 6.92 Å². The number of carboxylic acid groups (broad SMARTS) is 1. The first-order chi connectivity index (χ1) is 8.86. The van der Waals surface area contributed by atoms with Gasteiger partial charge < -0.3 is 20.6 Å². The third-order valence-electron chi connectivity index (χ3n) is 2.52. The monoisotopic (exact) mass is 273 g/mol. The molecule has 0 aromatic rings. The lowest BCUT2D eigenvalue weighted by Gasteiger charge is -2.17. The third kappa shape index (κ3) is 8.87. The van der Waals surface area contributed by atoms with Crippen molar-refractivity contribution in [3.8, 4) is 0 Å². The zero-order valence-corrected chi connectivity index (χ0v) is 11.7. The Morgan fingerprint density at radius 3 is 2.37 bits per heavy atom. The van der Waals surface area contributed by atoms with Gasteiger partial charge in [-0.2, -0.15) is 0 Å². The van der Waals surface area contributed by atoms with Gasteiger partial charge in [0, 0.05) is 33.1 Å². The van der Waals surface area contributed by atoms with Crippen molar-refractivity contribution < 1.29 is 19.5 Å². The fourth-order valence-electron chi connectivity index (χ4n) is 1.53. The molecule has 0 aliphatic carbocycles. The lowest BCUT2D eigenvalue weighted by Crippen LogP contribution is -2.43. The minimum Gasteiger partial charge on any atom is -0.481 e. The minimum absolute atomic E-state index is 0.0732. The molecule has 1 unspecified atom stereocenters. The summed E-state index contributed by atoms with van der Waals surface area (Å²) in [5.74, 6) is -1.02. The number of hydrogen-bond donors (Lipinski definition) is 3. The molecule has 0 saturated carbocycles. The molecule has 0 aliphatic rings. The van der Waals surface area contributed by atoms with Crippen LogP contribution in [0.2, 0.25) is 0 Å². The minimum atomic E-state index is -0.943. The van der Waals surface area contributed by atoms with E-state index in [9.17, 15) is 14.4 Å². The van der Waals surface area contributed by atoms with E-state index in [-0.39, 0.29) is 31.3 Å². The number of rotatable bonds is 8. The van der Waals surface area contributed by atoms with Gasteiger partial charge in [-0.25, -0.2) is 4.79 Å². The predicted octanol–water partition coefficient (Wildman–Crippen LogP) is 0.407. The maximum Gasteiger partial charge on any atom is 0.315 e. The maximum atomic E-state index is 11.5. The molecule has 3 amide bonds. The second kappa shape index (κ2) is 9.18. The first kappa shape index (κ1) is 17.2. The van der Waals surface area contributed by atoms with Crippen LogP contribution >= 0.6 is 0 Å². The highest BCUT2D eigenvalue weighted by molar-refractivity contribution is 5.78. The Kier molecular flexibility index (Phi) is 8.32. The summed E-state index contributed by atoms with van der Waals surface area (Å²) in [5, 5.41) is 13.8. The fourth-order valence-corrected chi connectivity index (χ4v) is 1.53. The van der Waals surface area contributed by atoms with E-state index in [2.05, 4.69) is 10.6 Å². The summed E-state index contributed by atoms with van der Waals surface area (Å²) >= 11 is 0. The standard InChI is InChI=1S/C12H23N3O4/c1-4-5-9(8-11(17)18)14-12(19)13-7-6-10(16)15(2)3/h9H,4-8H2,1-3H3,(H,17,18)(H2,13,14,19). The molecule has 0 aliphatic heterocycles. The van der Waals surface area contributed by atoms with Crippen molar-refractivity contribution in [3.05, 3.63) is 0 Å². The summed E-state index contributed by atoms with van der Waals surface area (Å²) in [5.41, 5.74) is 0. The first-order valence-electron chi connectivity index (χ1n) is 6.33. The van der Waals surface area contributed by atoms with Crippen LogP contribution in [0.15, 0.2) is 0 Å². The summed E-state index contributed by atoms with van der Waals surface area (Å²) in [6.07, 6.45) is 1.52. The summed E-state index contributed by atoms with van der Waals surface area (Å²) < 4.78 is 0. The average molecular weight is 273 g/mol. The van der Waals surface area contributed by atoms with Crippen LogP contribution in [0.5, 0.6) is 0 Å². The topological polar surface area (TPSA) is 98.7 Å². The quantitative estimate of drug-likeness (QED) is 0.596. The predicted molar refractivity (Wildman–Crippen MR) is 70.8 cm³/mol. The van der Waals surface area contributed by atoms with E-state index in [4.69, 9.17) is 5.11 Å². The van der Waals surface area contributed by atoms with Crippen molar-refractivity contribution in [1.29, 1.82) is 0 Å². The molecule has 7 heteroatoms. The normalized spacial score (nSPS) is 11.5. The van der Waals surface area contributed by atoms with Crippen LogP contribution in [0.1, 0.15) is 32.6 Å². The van der Waals surface area contributed by atoms with Gasteiger partial charge in [0.15, 0.2) is 0 Å². The first-order valence-corrected chi connectivity index (χ1v) is 6.33. The van der Waals surface area contributed by atoms with E-state index < -0.39 is 12.0 Å². The largest absolute Gasteiger partial charge is 0.481 e. The molecule has 0 bridgehead atoms. The van der Waals surface area contributed by atoms with E-state index >= 15 is 0 Å². The number of aliphatic carboxylic acids is 1. The van der Waals surface area contributed by atoms with Gasteiger partial charge in [-0.15, -0.1) is 0 Å². The van der Waals surface area contributed by atoms with E-state index in [1.54, 1.807) is 14.1 Å². The molecule has 3 N–H and O–H groups in total. The van der Waals surface area contributed by atoms with Crippen LogP contribution in [0.25, 0.3) is 0 Å². The summed E-state index contributed by atoms with van der Waals surface area (Å²) in [6, 6.07) is -0.821. The smallest absolute Gasteiger partial charge is 0.315 e. The number of carbonyl (C=O) groups excluding carboxylic acids is 2. The second-order valence-electron chi connectivity index (χ2n) is 4.52. The highest BCUT2D eigenvalue weighted by Gasteiger charge is 2.15. The lowest BCUT2D eigenvalue weighted by atomic mass is 10.1. The molecular weight excluding hydrogens is 250 g/mol. The van der Waals surface area contributed by atoms with Crippen molar-refractivity contribution in [3.63, 3.8) is 0 Å². The molecule has 1 atom stereocenters. The SMILES string of the molecule is CCCC(CC(=O)O)NC(=O)NCCC(=O)N(C)C. The van der Waals surface area contributed by atoms with Crippen LogP contribution in [0.3, 0.4) is 0 Å². The Balaban J connectivity index is 3.99. The van der Waals surface area contributed by atoms with Gasteiger partial charge in [-0.05, 0) is 6.42 Å². The maximum absolute atomic E-state index is 11.5. The fraction of sp³-hybridized carbons (Fsp3) is 0.750. The van der Waals surface area contributed by atoms with Gasteiger partial charge in [-0.1, -0.05) is 13.3 Å². The lowest BCUT2D eigenvalue weighted by molar-refractivity contribution is -0.137. The number of nitrogens with zero attached hydrogens (tertiary/aromatic N) is 1. The molecule has 19 heavy (non-hydrogen) atoms. The van der Waals surface area contributed by atoms with Crippen molar-refractivity contribution in [2.45, 2.75) is 38.6 Å². The average Bonchev–Trinajstić information content (AvgIpc) is 2.27. The van der Waals surface area contributed by atoms with Crippen molar-refractivity contribution >= 4 is 17.9 Å². The van der Waals surface area contributed by atoms with Crippen molar-refractivity contribution in [1.82, 2.24) is 15.5 Å². The molecule has 0 fully saturated rings. The zero-order valence-electron chi connectivity index (χ0n) is 11.7. The third-order valence-corrected chi connectivity index (χ3v) is 2.52. The highest BCUT2D eigenvalue weighted by atomic mass is 16.4. The van der Waals surface area contributed by atoms with Gasteiger partial charge in [0.05, 0.1) is 6.42 Å². The Morgan fingerprint density at radius 1 is 1.26 bits per heavy atom. The Hall–Kier alpha value is -1.79. The zero-order chi connectivity index (χ0) is 14.8. The Bertz CT molecular complexity index is 318. The molecule has 0 spiro atoms. The number of carboxylic acids is 1. The van der Waals surface area contributed by atoms with Gasteiger partial charge in [0.1, 0.15) is 0 Å². The number of amides is 3. The number of urea groups is 1. The van der Waals surface area contributed by atoms with Crippen molar-refractivity contribution in [2.75, 3.05) is 20.6 Å². The number of hydrogen-bond acceptors (Lipinski definition) is 3. The molecule has 7 nitrogen and oxygen atoms in total. The van der Waals surface area contributed by atoms with Gasteiger partial charge >= 0.3 is 12.0 Å². The molecule has 0 aromatic heterocycles. The summed E-state index contributed by atoms with van der Waals surface area (Å²) in [6.45, 7) is 2.15. The molecular formula is C12H23N3O4. The molecule has 0 saturated heterocycles. The van der Waals surface area contributed by atoms with Gasteiger partial charge in [0.2, 0.25) is 5.91 Å². The van der Waals surface area contributed by atoms with Gasteiger partial charge in [-0.3, -0.25) is 9.59 Å². The Labute approximate surface area is 113 Å². The number of nitrogens with one attached hydrogen (secondary N) is 2. The molecule has 0 rings (SSSR count). The number of carbonyl (C=O) groups is 3. The van der Waals surface area contributed by atoms with Crippen LogP contribution < -0.4 is 10.6 Å². The molecule has 0 heterocycles. The summed E-state index contributed by atoms with van der Waals surface area (Å²) in [7, 11) is 3.29. The van der Waals surface area contributed by atoms with E-state index in [0.29, 0.717) is 6.42 Å². The van der Waals surface area contributed by atoms with E-state index in [1.165, 1.54) is 4.90 Å². The van der Waals surface area contributed by atoms with Crippen LogP contribution in [-0.4, -0.2) is 54.6 Å². The second-order valence-corrected chi connectivity index (χ2v) is 4.52. The molecule has 110 valence electrons. The Morgan fingerprint density at radius 2 is 1.89 bits per heavy atom. The molecule has 0 aromatic carbocycles. The highest BCUT2D eigenvalue weighted by Crippen LogP contribution is 2.01. The van der Waals surface area contributed by atoms with Gasteiger partial charge in [0.25, 0.3) is 0 Å². The van der Waals surface area contributed by atoms with Crippen molar-refractivity contribution in [2.24, 2.45) is 0 Å².